The maximum Gasteiger partial charge on any atom is 0.128 e. The van der Waals surface area contributed by atoms with Gasteiger partial charge in [-0.15, -0.1) is 12.4 Å². The lowest BCUT2D eigenvalue weighted by atomic mass is 10.4. The molecule has 1 aromatic rings. The lowest BCUT2D eigenvalue weighted by molar-refractivity contribution is 0.414. The van der Waals surface area contributed by atoms with Crippen molar-refractivity contribution >= 4 is 34.2 Å². The van der Waals surface area contributed by atoms with Crippen molar-refractivity contribution in [2.24, 2.45) is 0 Å². The van der Waals surface area contributed by atoms with Crippen LogP contribution < -0.4 is 10.5 Å². The first-order valence-corrected chi connectivity index (χ1v) is 3.48. The fourth-order valence-electron chi connectivity index (χ4n) is 0.611. The number of ether oxygens (including phenoxy) is 1. The Morgan fingerprint density at radius 1 is 1.55 bits per heavy atom. The number of aromatic nitrogens is 1. The molecule has 0 saturated heterocycles. The van der Waals surface area contributed by atoms with Crippen LogP contribution in [0.1, 0.15) is 0 Å². The summed E-state index contributed by atoms with van der Waals surface area (Å²) in [7, 11) is 1.58. The Morgan fingerprint density at radius 3 is 2.64 bits per heavy atom. The Kier molecular flexibility index (Phi) is 4.22. The Morgan fingerprint density at radius 2 is 2.18 bits per heavy atom. The van der Waals surface area contributed by atoms with Gasteiger partial charge in [-0.05, 0) is 15.9 Å². The average Bonchev–Trinajstić information content (AvgIpc) is 1.85. The highest BCUT2D eigenvalue weighted by Gasteiger charge is 1.95. The minimum absolute atomic E-state index is 0. The molecule has 0 aliphatic heterocycles. The first-order chi connectivity index (χ1) is 4.72. The third kappa shape index (κ3) is 2.95. The molecule has 0 spiro atoms. The van der Waals surface area contributed by atoms with Gasteiger partial charge in [-0.25, -0.2) is 4.98 Å². The molecule has 62 valence electrons. The molecule has 0 bridgehead atoms. The molecule has 0 unspecified atom stereocenters. The van der Waals surface area contributed by atoms with Crippen LogP contribution in [0.15, 0.2) is 16.7 Å². The maximum atomic E-state index is 5.41. The molecule has 0 aromatic carbocycles. The van der Waals surface area contributed by atoms with Crippen molar-refractivity contribution in [3.05, 3.63) is 16.7 Å². The number of halogens is 2. The molecule has 3 nitrogen and oxygen atoms in total. The highest BCUT2D eigenvalue weighted by atomic mass is 79.9. The van der Waals surface area contributed by atoms with E-state index in [4.69, 9.17) is 10.5 Å². The molecule has 0 fully saturated rings. The van der Waals surface area contributed by atoms with Crippen LogP contribution in [0.3, 0.4) is 0 Å². The molecule has 5 heteroatoms. The molecule has 2 N–H and O–H groups in total. The van der Waals surface area contributed by atoms with Gasteiger partial charge < -0.3 is 10.5 Å². The Balaban J connectivity index is 0.000001000. The van der Waals surface area contributed by atoms with Crippen molar-refractivity contribution in [3.8, 4) is 5.75 Å². The lowest BCUT2D eigenvalue weighted by Crippen LogP contribution is -1.91. The van der Waals surface area contributed by atoms with Crippen molar-refractivity contribution in [2.45, 2.75) is 0 Å². The molecule has 1 aromatic heterocycles. The Bertz CT molecular complexity index is 224. The fraction of sp³-hybridized carbons (Fsp3) is 0.167. The van der Waals surface area contributed by atoms with Crippen LogP contribution in [-0.4, -0.2) is 12.1 Å². The molecule has 11 heavy (non-hydrogen) atoms. The van der Waals surface area contributed by atoms with E-state index >= 15 is 0 Å². The molecule has 1 rings (SSSR count). The van der Waals surface area contributed by atoms with Crippen LogP contribution in [-0.2, 0) is 0 Å². The van der Waals surface area contributed by atoms with Gasteiger partial charge in [-0.2, -0.15) is 0 Å². The number of hydrogen-bond donors (Lipinski definition) is 1. The number of hydrogen-bond acceptors (Lipinski definition) is 3. The van der Waals surface area contributed by atoms with Crippen LogP contribution in [0, 0.1) is 0 Å². The zero-order chi connectivity index (χ0) is 7.56. The molecule has 0 amide bonds. The molecule has 1 heterocycles. The summed E-state index contributed by atoms with van der Waals surface area (Å²) in [6.07, 6.45) is 0. The van der Waals surface area contributed by atoms with Crippen molar-refractivity contribution in [1.29, 1.82) is 0 Å². The van der Waals surface area contributed by atoms with Crippen LogP contribution in [0.25, 0.3) is 0 Å². The highest BCUT2D eigenvalue weighted by Crippen LogP contribution is 2.18. The lowest BCUT2D eigenvalue weighted by Gasteiger charge is -1.99. The molecule has 0 aliphatic carbocycles. The van der Waals surface area contributed by atoms with Crippen LogP contribution in [0.5, 0.6) is 5.75 Å². The molecular weight excluding hydrogens is 231 g/mol. The zero-order valence-corrected chi connectivity index (χ0v) is 8.28. The van der Waals surface area contributed by atoms with Crippen LogP contribution in [0.4, 0.5) is 5.82 Å². The van der Waals surface area contributed by atoms with Crippen molar-refractivity contribution < 1.29 is 4.74 Å². The summed E-state index contributed by atoms with van der Waals surface area (Å²) in [5.74, 6) is 1.16. The fourth-order valence-corrected chi connectivity index (χ4v) is 1.04. The summed E-state index contributed by atoms with van der Waals surface area (Å²) in [5, 5.41) is 0. The Labute approximate surface area is 79.5 Å². The normalized spacial score (nSPS) is 8.55. The van der Waals surface area contributed by atoms with Gasteiger partial charge in [-0.1, -0.05) is 0 Å². The van der Waals surface area contributed by atoms with E-state index in [0.29, 0.717) is 16.2 Å². The molecule has 0 radical (unpaired) electrons. The second-order valence-corrected chi connectivity index (χ2v) is 2.57. The second-order valence-electron chi connectivity index (χ2n) is 1.75. The molecule has 0 aliphatic rings. The first-order valence-electron chi connectivity index (χ1n) is 2.69. The van der Waals surface area contributed by atoms with Crippen molar-refractivity contribution in [3.63, 3.8) is 0 Å². The van der Waals surface area contributed by atoms with Gasteiger partial charge in [0.2, 0.25) is 0 Å². The standard InChI is InChI=1S/C6H7BrN2O.ClH/c1-10-4-2-5(7)9-6(8)3-4;/h2-3H,1H3,(H2,8,9);1H. The molecule has 0 atom stereocenters. The minimum atomic E-state index is 0. The van der Waals surface area contributed by atoms with E-state index in [2.05, 4.69) is 20.9 Å². The monoisotopic (exact) mass is 238 g/mol. The van der Waals surface area contributed by atoms with E-state index < -0.39 is 0 Å². The summed E-state index contributed by atoms with van der Waals surface area (Å²) < 4.78 is 5.61. The minimum Gasteiger partial charge on any atom is -0.497 e. The van der Waals surface area contributed by atoms with Gasteiger partial charge in [0.05, 0.1) is 7.11 Å². The Hall–Kier alpha value is -0.480. The number of anilines is 1. The number of methoxy groups -OCH3 is 1. The van der Waals surface area contributed by atoms with Gasteiger partial charge in [-0.3, -0.25) is 0 Å². The van der Waals surface area contributed by atoms with Gasteiger partial charge in [0.25, 0.3) is 0 Å². The SMILES string of the molecule is COc1cc(N)nc(Br)c1.Cl. The smallest absolute Gasteiger partial charge is 0.128 e. The van der Waals surface area contributed by atoms with E-state index in [1.54, 1.807) is 19.2 Å². The van der Waals surface area contributed by atoms with Crippen LogP contribution >= 0.6 is 28.3 Å². The number of nitrogens with zero attached hydrogens (tertiary/aromatic N) is 1. The van der Waals surface area contributed by atoms with Gasteiger partial charge in [0, 0.05) is 12.1 Å². The molecular formula is C6H8BrClN2O. The largest absolute Gasteiger partial charge is 0.497 e. The second kappa shape index (κ2) is 4.41. The van der Waals surface area contributed by atoms with E-state index in [-0.39, 0.29) is 12.4 Å². The predicted octanol–water partition coefficient (Wildman–Crippen LogP) is 1.86. The zero-order valence-electron chi connectivity index (χ0n) is 5.87. The van der Waals surface area contributed by atoms with Gasteiger partial charge in [0.1, 0.15) is 16.2 Å². The predicted molar refractivity (Wildman–Crippen MR) is 50.1 cm³/mol. The number of nitrogens with two attached hydrogens (primary N) is 1. The topological polar surface area (TPSA) is 48.1 Å². The summed E-state index contributed by atoms with van der Waals surface area (Å²) in [5.41, 5.74) is 5.41. The summed E-state index contributed by atoms with van der Waals surface area (Å²) in [6.45, 7) is 0. The summed E-state index contributed by atoms with van der Waals surface area (Å²) >= 11 is 3.18. The van der Waals surface area contributed by atoms with E-state index in [0.717, 1.165) is 0 Å². The average molecular weight is 240 g/mol. The summed E-state index contributed by atoms with van der Waals surface area (Å²) in [4.78, 5) is 3.90. The summed E-state index contributed by atoms with van der Waals surface area (Å²) in [6, 6.07) is 3.40. The highest BCUT2D eigenvalue weighted by molar-refractivity contribution is 9.10. The van der Waals surface area contributed by atoms with E-state index in [1.165, 1.54) is 0 Å². The van der Waals surface area contributed by atoms with Crippen LogP contribution in [0.2, 0.25) is 0 Å². The molecule has 0 saturated carbocycles. The van der Waals surface area contributed by atoms with Crippen molar-refractivity contribution in [2.75, 3.05) is 12.8 Å². The van der Waals surface area contributed by atoms with Crippen molar-refractivity contribution in [1.82, 2.24) is 4.98 Å². The first kappa shape index (κ1) is 10.5. The van der Waals surface area contributed by atoms with Gasteiger partial charge in [0.15, 0.2) is 0 Å². The quantitative estimate of drug-likeness (QED) is 0.761. The number of nitrogen functional groups attached to an aromatic ring is 1. The maximum absolute atomic E-state index is 5.41. The third-order valence-electron chi connectivity index (χ3n) is 1.02. The number of pyridine rings is 1. The van der Waals surface area contributed by atoms with E-state index in [9.17, 15) is 0 Å². The van der Waals surface area contributed by atoms with E-state index in [1.807, 2.05) is 0 Å². The number of rotatable bonds is 1. The third-order valence-corrected chi connectivity index (χ3v) is 1.43. The van der Waals surface area contributed by atoms with Gasteiger partial charge >= 0.3 is 0 Å².